The summed E-state index contributed by atoms with van der Waals surface area (Å²) < 4.78 is 6.56. The lowest BCUT2D eigenvalue weighted by molar-refractivity contribution is -0.118. The molecule has 4 heteroatoms. The van der Waals surface area contributed by atoms with Crippen molar-refractivity contribution in [3.63, 3.8) is 0 Å². The minimum absolute atomic E-state index is 0.00887. The van der Waals surface area contributed by atoms with Crippen LogP contribution in [0.1, 0.15) is 22.3 Å². The standard InChI is InChI=1S/C18H20BrNO2/c1-11-5-6-16(15(19)9-11)20-17(21)10-22-18-13(3)7-12(2)8-14(18)4/h5-9H,10H2,1-4H3,(H,20,21). The molecule has 0 saturated heterocycles. The summed E-state index contributed by atoms with van der Waals surface area (Å²) in [6.45, 7) is 8.02. The van der Waals surface area contributed by atoms with Gasteiger partial charge in [-0.15, -0.1) is 0 Å². The van der Waals surface area contributed by atoms with Gasteiger partial charge in [0.25, 0.3) is 5.91 Å². The number of amides is 1. The highest BCUT2D eigenvalue weighted by molar-refractivity contribution is 9.10. The van der Waals surface area contributed by atoms with Gasteiger partial charge in [-0.3, -0.25) is 4.79 Å². The van der Waals surface area contributed by atoms with Crippen LogP contribution in [-0.4, -0.2) is 12.5 Å². The molecule has 0 aliphatic rings. The zero-order valence-electron chi connectivity index (χ0n) is 13.3. The van der Waals surface area contributed by atoms with Gasteiger partial charge in [-0.2, -0.15) is 0 Å². The smallest absolute Gasteiger partial charge is 0.262 e. The van der Waals surface area contributed by atoms with E-state index < -0.39 is 0 Å². The van der Waals surface area contributed by atoms with Crippen molar-refractivity contribution in [2.45, 2.75) is 27.7 Å². The Labute approximate surface area is 139 Å². The molecule has 2 rings (SSSR count). The fourth-order valence-corrected chi connectivity index (χ4v) is 3.03. The van der Waals surface area contributed by atoms with Crippen molar-refractivity contribution in [2.24, 2.45) is 0 Å². The molecule has 116 valence electrons. The van der Waals surface area contributed by atoms with Crippen LogP contribution in [0, 0.1) is 27.7 Å². The Kier molecular flexibility index (Phi) is 5.24. The Hall–Kier alpha value is -1.81. The maximum atomic E-state index is 12.1. The predicted molar refractivity (Wildman–Crippen MR) is 93.7 cm³/mol. The Balaban J connectivity index is 2.02. The van der Waals surface area contributed by atoms with E-state index in [9.17, 15) is 4.79 Å². The van der Waals surface area contributed by atoms with Gasteiger partial charge in [0, 0.05) is 4.47 Å². The average molecular weight is 362 g/mol. The molecule has 0 heterocycles. The minimum atomic E-state index is -0.177. The van der Waals surface area contributed by atoms with E-state index in [1.54, 1.807) is 0 Å². The van der Waals surface area contributed by atoms with E-state index in [-0.39, 0.29) is 12.5 Å². The Morgan fingerprint density at radius 2 is 1.68 bits per heavy atom. The van der Waals surface area contributed by atoms with Crippen LogP contribution >= 0.6 is 15.9 Å². The summed E-state index contributed by atoms with van der Waals surface area (Å²) in [6.07, 6.45) is 0. The fraction of sp³-hybridized carbons (Fsp3) is 0.278. The number of aryl methyl sites for hydroxylation is 4. The summed E-state index contributed by atoms with van der Waals surface area (Å²) in [7, 11) is 0. The van der Waals surface area contributed by atoms with Crippen molar-refractivity contribution in [1.29, 1.82) is 0 Å². The first-order chi connectivity index (χ1) is 10.4. The van der Waals surface area contributed by atoms with Gasteiger partial charge in [0.1, 0.15) is 5.75 Å². The number of hydrogen-bond acceptors (Lipinski definition) is 2. The van der Waals surface area contributed by atoms with E-state index in [1.807, 2.05) is 45.9 Å². The van der Waals surface area contributed by atoms with Crippen LogP contribution < -0.4 is 10.1 Å². The number of benzene rings is 2. The van der Waals surface area contributed by atoms with Gasteiger partial charge in [0.2, 0.25) is 0 Å². The SMILES string of the molecule is Cc1cc(C)c(OCC(=O)Nc2ccc(C)cc2Br)c(C)c1. The minimum Gasteiger partial charge on any atom is -0.483 e. The summed E-state index contributed by atoms with van der Waals surface area (Å²) in [5.41, 5.74) is 5.16. The molecule has 1 amide bonds. The number of rotatable bonds is 4. The third-order valence-corrected chi connectivity index (χ3v) is 4.01. The molecular weight excluding hydrogens is 342 g/mol. The average Bonchev–Trinajstić information content (AvgIpc) is 2.40. The highest BCUT2D eigenvalue weighted by atomic mass is 79.9. The van der Waals surface area contributed by atoms with Crippen molar-refractivity contribution in [3.8, 4) is 5.75 Å². The van der Waals surface area contributed by atoms with Gasteiger partial charge < -0.3 is 10.1 Å². The molecule has 0 aromatic heterocycles. The van der Waals surface area contributed by atoms with Crippen molar-refractivity contribution in [1.82, 2.24) is 0 Å². The number of ether oxygens (including phenoxy) is 1. The quantitative estimate of drug-likeness (QED) is 0.856. The first-order valence-corrected chi connectivity index (χ1v) is 7.93. The molecule has 0 aliphatic carbocycles. The topological polar surface area (TPSA) is 38.3 Å². The number of hydrogen-bond donors (Lipinski definition) is 1. The number of carbonyl (C=O) groups excluding carboxylic acids is 1. The van der Waals surface area contributed by atoms with Crippen LogP contribution in [0.2, 0.25) is 0 Å². The van der Waals surface area contributed by atoms with E-state index >= 15 is 0 Å². The zero-order chi connectivity index (χ0) is 16.3. The van der Waals surface area contributed by atoms with Gasteiger partial charge in [0.15, 0.2) is 6.61 Å². The highest BCUT2D eigenvalue weighted by Gasteiger charge is 2.10. The first kappa shape index (κ1) is 16.6. The highest BCUT2D eigenvalue weighted by Crippen LogP contribution is 2.25. The van der Waals surface area contributed by atoms with E-state index in [1.165, 1.54) is 5.56 Å². The van der Waals surface area contributed by atoms with Gasteiger partial charge in [-0.1, -0.05) is 23.8 Å². The molecule has 3 nitrogen and oxygen atoms in total. The molecule has 0 bridgehead atoms. The summed E-state index contributed by atoms with van der Waals surface area (Å²) in [6, 6.07) is 9.90. The van der Waals surface area contributed by atoms with E-state index in [0.717, 1.165) is 32.6 Å². The summed E-state index contributed by atoms with van der Waals surface area (Å²) in [4.78, 5) is 12.1. The molecule has 2 aromatic carbocycles. The number of nitrogens with one attached hydrogen (secondary N) is 1. The maximum Gasteiger partial charge on any atom is 0.262 e. The number of halogens is 1. The largest absolute Gasteiger partial charge is 0.483 e. The molecule has 0 radical (unpaired) electrons. The fourth-order valence-electron chi connectivity index (χ4n) is 2.44. The molecule has 2 aromatic rings. The van der Waals surface area contributed by atoms with E-state index in [4.69, 9.17) is 4.74 Å². The first-order valence-electron chi connectivity index (χ1n) is 7.13. The monoisotopic (exact) mass is 361 g/mol. The van der Waals surface area contributed by atoms with Gasteiger partial charge >= 0.3 is 0 Å². The molecule has 0 spiro atoms. The lowest BCUT2D eigenvalue weighted by atomic mass is 10.1. The second-order valence-corrected chi connectivity index (χ2v) is 6.40. The zero-order valence-corrected chi connectivity index (χ0v) is 14.9. The molecule has 0 saturated carbocycles. The van der Waals surface area contributed by atoms with Crippen LogP contribution in [0.3, 0.4) is 0 Å². The van der Waals surface area contributed by atoms with Crippen molar-refractivity contribution in [3.05, 3.63) is 57.1 Å². The molecule has 1 N–H and O–H groups in total. The second kappa shape index (κ2) is 6.97. The Bertz CT molecular complexity index is 687. The van der Waals surface area contributed by atoms with Crippen LogP contribution in [0.25, 0.3) is 0 Å². The molecule has 0 fully saturated rings. The third-order valence-electron chi connectivity index (χ3n) is 3.35. The lowest BCUT2D eigenvalue weighted by Gasteiger charge is -2.13. The van der Waals surface area contributed by atoms with Crippen molar-refractivity contribution >= 4 is 27.5 Å². The van der Waals surface area contributed by atoms with E-state index in [0.29, 0.717) is 0 Å². The molecule has 0 atom stereocenters. The molecule has 0 aliphatic heterocycles. The molecule has 22 heavy (non-hydrogen) atoms. The Morgan fingerprint density at radius 3 is 2.27 bits per heavy atom. The lowest BCUT2D eigenvalue weighted by Crippen LogP contribution is -2.21. The van der Waals surface area contributed by atoms with Gasteiger partial charge in [-0.05, 0) is 72.4 Å². The predicted octanol–water partition coefficient (Wildman–Crippen LogP) is 4.70. The molecule has 0 unspecified atom stereocenters. The Morgan fingerprint density at radius 1 is 1.05 bits per heavy atom. The van der Waals surface area contributed by atoms with Gasteiger partial charge in [0.05, 0.1) is 5.69 Å². The number of carbonyl (C=O) groups is 1. The van der Waals surface area contributed by atoms with Gasteiger partial charge in [-0.25, -0.2) is 0 Å². The third kappa shape index (κ3) is 4.10. The van der Waals surface area contributed by atoms with Crippen molar-refractivity contribution < 1.29 is 9.53 Å². The van der Waals surface area contributed by atoms with Crippen molar-refractivity contribution in [2.75, 3.05) is 11.9 Å². The summed E-state index contributed by atoms with van der Waals surface area (Å²) in [5, 5.41) is 2.85. The second-order valence-electron chi connectivity index (χ2n) is 5.55. The summed E-state index contributed by atoms with van der Waals surface area (Å²) >= 11 is 3.45. The summed E-state index contributed by atoms with van der Waals surface area (Å²) in [5.74, 6) is 0.604. The van der Waals surface area contributed by atoms with E-state index in [2.05, 4.69) is 33.4 Å². The van der Waals surface area contributed by atoms with Crippen LogP contribution in [-0.2, 0) is 4.79 Å². The van der Waals surface area contributed by atoms with Crippen LogP contribution in [0.4, 0.5) is 5.69 Å². The van der Waals surface area contributed by atoms with Crippen LogP contribution in [0.15, 0.2) is 34.8 Å². The maximum absolute atomic E-state index is 12.1. The normalized spacial score (nSPS) is 10.4. The number of anilines is 1. The molecular formula is C18H20BrNO2. The van der Waals surface area contributed by atoms with Crippen LogP contribution in [0.5, 0.6) is 5.75 Å².